The molecule has 2 N–H and O–H groups in total. The lowest BCUT2D eigenvalue weighted by atomic mass is 9.96. The van der Waals surface area contributed by atoms with E-state index in [4.69, 9.17) is 0 Å². The maximum Gasteiger partial charge on any atom is 0.429 e. The van der Waals surface area contributed by atoms with Crippen LogP contribution in [0, 0.1) is 18.7 Å². The predicted octanol–water partition coefficient (Wildman–Crippen LogP) is 5.41. The SMILES string of the molecule is Cc1ccc(NC(=O)C2=C(c3ccc(F)cc3)N=C(C(F)(F)F)C(C)CC2)cc1CO. The third kappa shape index (κ3) is 5.19. The molecule has 2 aromatic carbocycles. The molecule has 31 heavy (non-hydrogen) atoms. The Morgan fingerprint density at radius 3 is 2.48 bits per heavy atom. The molecule has 0 saturated heterocycles. The highest BCUT2D eigenvalue weighted by molar-refractivity contribution is 6.10. The number of hydrogen-bond donors (Lipinski definition) is 2. The van der Waals surface area contributed by atoms with Crippen LogP contribution in [0.5, 0.6) is 0 Å². The maximum absolute atomic E-state index is 13.6. The quantitative estimate of drug-likeness (QED) is 0.632. The molecule has 0 radical (unpaired) electrons. The Hall–Kier alpha value is -3.00. The number of aliphatic imine (C=N–C) groups is 1. The molecule has 0 fully saturated rings. The van der Waals surface area contributed by atoms with Gasteiger partial charge >= 0.3 is 6.18 Å². The van der Waals surface area contributed by atoms with E-state index in [9.17, 15) is 27.5 Å². The minimum absolute atomic E-state index is 0.0709. The zero-order valence-electron chi connectivity index (χ0n) is 17.1. The van der Waals surface area contributed by atoms with Crippen molar-refractivity contribution in [1.29, 1.82) is 0 Å². The third-order valence-electron chi connectivity index (χ3n) is 5.27. The highest BCUT2D eigenvalue weighted by Crippen LogP contribution is 2.35. The van der Waals surface area contributed by atoms with E-state index in [1.807, 2.05) is 6.92 Å². The average Bonchev–Trinajstić information content (AvgIpc) is 2.89. The normalized spacial score (nSPS) is 17.3. The topological polar surface area (TPSA) is 61.7 Å². The van der Waals surface area contributed by atoms with E-state index >= 15 is 0 Å². The number of alkyl halides is 3. The van der Waals surface area contributed by atoms with Crippen molar-refractivity contribution in [3.05, 3.63) is 70.5 Å². The van der Waals surface area contributed by atoms with Gasteiger partial charge in [0.1, 0.15) is 11.5 Å². The predicted molar refractivity (Wildman–Crippen MR) is 111 cm³/mol. The van der Waals surface area contributed by atoms with E-state index < -0.39 is 29.5 Å². The number of rotatable bonds is 4. The summed E-state index contributed by atoms with van der Waals surface area (Å²) in [4.78, 5) is 16.9. The first-order valence-electron chi connectivity index (χ1n) is 9.76. The van der Waals surface area contributed by atoms with Crippen molar-refractivity contribution < 1.29 is 27.5 Å². The third-order valence-corrected chi connectivity index (χ3v) is 5.27. The van der Waals surface area contributed by atoms with Gasteiger partial charge in [0.25, 0.3) is 5.91 Å². The lowest BCUT2D eigenvalue weighted by molar-refractivity contribution is -0.113. The number of nitrogens with one attached hydrogen (secondary N) is 1. The number of hydrogen-bond acceptors (Lipinski definition) is 3. The van der Waals surface area contributed by atoms with Gasteiger partial charge < -0.3 is 10.4 Å². The molecule has 8 heteroatoms. The summed E-state index contributed by atoms with van der Waals surface area (Å²) in [6, 6.07) is 9.82. The van der Waals surface area contributed by atoms with E-state index in [2.05, 4.69) is 10.3 Å². The van der Waals surface area contributed by atoms with Gasteiger partial charge in [0.05, 0.1) is 12.3 Å². The van der Waals surface area contributed by atoms with Gasteiger partial charge in [0.2, 0.25) is 0 Å². The van der Waals surface area contributed by atoms with Crippen LogP contribution in [-0.4, -0.2) is 22.9 Å². The van der Waals surface area contributed by atoms with Gasteiger partial charge in [-0.3, -0.25) is 4.79 Å². The van der Waals surface area contributed by atoms with Crippen LogP contribution in [0.1, 0.15) is 36.5 Å². The number of amides is 1. The van der Waals surface area contributed by atoms with Crippen LogP contribution in [0.4, 0.5) is 23.2 Å². The molecule has 0 aromatic heterocycles. The Labute approximate surface area is 177 Å². The molecule has 164 valence electrons. The molecule has 3 rings (SSSR count). The molecule has 4 nitrogen and oxygen atoms in total. The molecule has 0 spiro atoms. The van der Waals surface area contributed by atoms with E-state index in [0.717, 1.165) is 17.7 Å². The van der Waals surface area contributed by atoms with Gasteiger partial charge in [0, 0.05) is 22.7 Å². The first-order chi connectivity index (χ1) is 14.6. The first-order valence-corrected chi connectivity index (χ1v) is 9.76. The Morgan fingerprint density at radius 1 is 1.19 bits per heavy atom. The lowest BCUT2D eigenvalue weighted by Gasteiger charge is -2.15. The molecule has 1 amide bonds. The number of aliphatic hydroxyl groups is 1. The van der Waals surface area contributed by atoms with Crippen LogP contribution >= 0.6 is 0 Å². The maximum atomic E-state index is 13.6. The molecular formula is C23H22F4N2O2. The summed E-state index contributed by atoms with van der Waals surface area (Å²) in [5, 5.41) is 12.1. The molecule has 0 saturated carbocycles. The Kier molecular flexibility index (Phi) is 6.59. The van der Waals surface area contributed by atoms with Crippen LogP contribution < -0.4 is 5.32 Å². The molecule has 0 bridgehead atoms. The average molecular weight is 434 g/mol. The monoisotopic (exact) mass is 434 g/mol. The standard InChI is InChI=1S/C23H22F4N2O2/c1-13-3-9-18(11-16(13)12-30)28-22(31)19-10-4-14(2)21(23(25,26)27)29-20(19)15-5-7-17(24)8-6-15/h3,5-9,11,14,30H,4,10,12H2,1-2H3,(H,28,31). The van der Waals surface area contributed by atoms with Crippen molar-refractivity contribution in [2.45, 2.75) is 39.5 Å². The molecule has 2 aromatic rings. The summed E-state index contributed by atoms with van der Waals surface area (Å²) in [5.41, 5.74) is 1.09. The summed E-state index contributed by atoms with van der Waals surface area (Å²) in [7, 11) is 0. The smallest absolute Gasteiger partial charge is 0.392 e. The highest BCUT2D eigenvalue weighted by Gasteiger charge is 2.40. The first kappa shape index (κ1) is 22.7. The number of carbonyl (C=O) groups is 1. The summed E-state index contributed by atoms with van der Waals surface area (Å²) in [6.07, 6.45) is -4.49. The van der Waals surface area contributed by atoms with Crippen LogP contribution in [0.3, 0.4) is 0 Å². The van der Waals surface area contributed by atoms with Gasteiger partial charge in [-0.25, -0.2) is 9.38 Å². The van der Waals surface area contributed by atoms with Crippen molar-refractivity contribution >= 4 is 23.0 Å². The Bertz CT molecular complexity index is 1040. The molecule has 1 aliphatic heterocycles. The largest absolute Gasteiger partial charge is 0.429 e. The van der Waals surface area contributed by atoms with Gasteiger partial charge in [-0.05, 0) is 67.3 Å². The number of halogens is 4. The number of aliphatic hydroxyl groups excluding tert-OH is 1. The second-order valence-corrected chi connectivity index (χ2v) is 7.52. The van der Waals surface area contributed by atoms with Gasteiger partial charge in [-0.1, -0.05) is 13.0 Å². The number of benzene rings is 2. The second kappa shape index (κ2) is 9.01. The van der Waals surface area contributed by atoms with E-state index in [-0.39, 0.29) is 36.3 Å². The zero-order valence-corrected chi connectivity index (χ0v) is 17.1. The highest BCUT2D eigenvalue weighted by atomic mass is 19.4. The van der Waals surface area contributed by atoms with Gasteiger partial charge in [0.15, 0.2) is 0 Å². The van der Waals surface area contributed by atoms with E-state index in [1.54, 1.807) is 18.2 Å². The van der Waals surface area contributed by atoms with Crippen LogP contribution in [0.25, 0.3) is 5.70 Å². The van der Waals surface area contributed by atoms with Crippen molar-refractivity contribution in [3.63, 3.8) is 0 Å². The van der Waals surface area contributed by atoms with Crippen molar-refractivity contribution in [2.24, 2.45) is 10.9 Å². The minimum Gasteiger partial charge on any atom is -0.392 e. The number of carbonyl (C=O) groups excluding carboxylic acids is 1. The second-order valence-electron chi connectivity index (χ2n) is 7.52. The fraction of sp³-hybridized carbons (Fsp3) is 0.304. The van der Waals surface area contributed by atoms with Crippen molar-refractivity contribution in [3.8, 4) is 0 Å². The van der Waals surface area contributed by atoms with Crippen LogP contribution in [0.15, 0.2) is 53.0 Å². The van der Waals surface area contributed by atoms with Crippen LogP contribution in [0.2, 0.25) is 0 Å². The summed E-state index contributed by atoms with van der Waals surface area (Å²) < 4.78 is 54.1. The van der Waals surface area contributed by atoms with E-state index in [0.29, 0.717) is 11.3 Å². The molecule has 1 aliphatic rings. The minimum atomic E-state index is -4.65. The van der Waals surface area contributed by atoms with Crippen molar-refractivity contribution in [2.75, 3.05) is 5.32 Å². The Balaban J connectivity index is 2.08. The summed E-state index contributed by atoms with van der Waals surface area (Å²) >= 11 is 0. The number of aryl methyl sites for hydroxylation is 1. The summed E-state index contributed by atoms with van der Waals surface area (Å²) in [5.74, 6) is -2.04. The number of nitrogens with zero attached hydrogens (tertiary/aromatic N) is 1. The van der Waals surface area contributed by atoms with Crippen LogP contribution in [-0.2, 0) is 11.4 Å². The summed E-state index contributed by atoms with van der Waals surface area (Å²) in [6.45, 7) is 3.02. The van der Waals surface area contributed by atoms with E-state index in [1.165, 1.54) is 19.1 Å². The number of anilines is 1. The lowest BCUT2D eigenvalue weighted by Crippen LogP contribution is -2.28. The zero-order chi connectivity index (χ0) is 22.8. The van der Waals surface area contributed by atoms with Gasteiger partial charge in [-0.15, -0.1) is 0 Å². The fourth-order valence-corrected chi connectivity index (χ4v) is 3.45. The molecule has 1 heterocycles. The van der Waals surface area contributed by atoms with Crippen molar-refractivity contribution in [1.82, 2.24) is 0 Å². The Morgan fingerprint density at radius 2 is 1.87 bits per heavy atom. The molecular weight excluding hydrogens is 412 g/mol. The molecule has 1 atom stereocenters. The molecule has 1 unspecified atom stereocenters. The molecule has 0 aliphatic carbocycles. The van der Waals surface area contributed by atoms with Gasteiger partial charge in [-0.2, -0.15) is 13.2 Å². The fourth-order valence-electron chi connectivity index (χ4n) is 3.45.